The van der Waals surface area contributed by atoms with E-state index in [4.69, 9.17) is 0 Å². The zero-order chi connectivity index (χ0) is 16.2. The van der Waals surface area contributed by atoms with E-state index < -0.39 is 0 Å². The van der Waals surface area contributed by atoms with Gasteiger partial charge in [0, 0.05) is 49.9 Å². The lowest BCUT2D eigenvalue weighted by Crippen LogP contribution is -2.50. The van der Waals surface area contributed by atoms with Crippen molar-refractivity contribution in [3.8, 4) is 0 Å². The van der Waals surface area contributed by atoms with Crippen molar-refractivity contribution in [1.29, 1.82) is 0 Å². The molecule has 1 aromatic rings. The molecule has 3 rings (SSSR count). The summed E-state index contributed by atoms with van der Waals surface area (Å²) >= 11 is 0. The summed E-state index contributed by atoms with van der Waals surface area (Å²) in [5.74, 6) is 0.420. The molecule has 0 aromatic heterocycles. The van der Waals surface area contributed by atoms with E-state index in [1.165, 1.54) is 12.1 Å². The van der Waals surface area contributed by atoms with Crippen molar-refractivity contribution in [2.75, 3.05) is 31.1 Å². The van der Waals surface area contributed by atoms with Crippen molar-refractivity contribution in [2.24, 2.45) is 5.92 Å². The Kier molecular flexibility index (Phi) is 4.60. The standard InChI is InChI=1S/C17H21N3O3/c21-17(14-4-2-1-3-5-14)19-12-10-18(11-13-19)15-6-8-16(9-7-15)20(22)23/h1-2,6-9,14H,3-5,10-13H2/t14-/m0/s1. The first kappa shape index (κ1) is 15.5. The Labute approximate surface area is 135 Å². The lowest BCUT2D eigenvalue weighted by atomic mass is 9.93. The number of allylic oxidation sites excluding steroid dienone is 2. The van der Waals surface area contributed by atoms with Crippen LogP contribution in [0.25, 0.3) is 0 Å². The Morgan fingerprint density at radius 1 is 1.09 bits per heavy atom. The first-order chi connectivity index (χ1) is 11.1. The van der Waals surface area contributed by atoms with Crippen LogP contribution in [0.4, 0.5) is 11.4 Å². The monoisotopic (exact) mass is 315 g/mol. The van der Waals surface area contributed by atoms with Crippen molar-refractivity contribution < 1.29 is 9.72 Å². The maximum absolute atomic E-state index is 12.5. The van der Waals surface area contributed by atoms with Crippen LogP contribution >= 0.6 is 0 Å². The van der Waals surface area contributed by atoms with Crippen LogP contribution in [0.3, 0.4) is 0 Å². The fourth-order valence-electron chi connectivity index (χ4n) is 3.25. The van der Waals surface area contributed by atoms with E-state index >= 15 is 0 Å². The van der Waals surface area contributed by atoms with E-state index in [1.54, 1.807) is 12.1 Å². The summed E-state index contributed by atoms with van der Waals surface area (Å²) in [6.07, 6.45) is 7.08. The number of hydrogen-bond acceptors (Lipinski definition) is 4. The third kappa shape index (κ3) is 3.52. The number of nitrogens with zero attached hydrogens (tertiary/aromatic N) is 3. The molecule has 1 aliphatic heterocycles. The Morgan fingerprint density at radius 2 is 1.78 bits per heavy atom. The van der Waals surface area contributed by atoms with Crippen molar-refractivity contribution >= 4 is 17.3 Å². The molecule has 122 valence electrons. The van der Waals surface area contributed by atoms with Gasteiger partial charge in [-0.1, -0.05) is 12.2 Å². The molecule has 1 aliphatic carbocycles. The highest BCUT2D eigenvalue weighted by Crippen LogP contribution is 2.23. The van der Waals surface area contributed by atoms with E-state index in [2.05, 4.69) is 17.1 Å². The van der Waals surface area contributed by atoms with Gasteiger partial charge in [-0.15, -0.1) is 0 Å². The number of piperazine rings is 1. The largest absolute Gasteiger partial charge is 0.368 e. The average Bonchev–Trinajstić information content (AvgIpc) is 2.62. The molecule has 6 heteroatoms. The van der Waals surface area contributed by atoms with E-state index in [9.17, 15) is 14.9 Å². The molecule has 0 unspecified atom stereocenters. The summed E-state index contributed by atoms with van der Waals surface area (Å²) in [5.41, 5.74) is 1.08. The summed E-state index contributed by atoms with van der Waals surface area (Å²) < 4.78 is 0. The molecule has 1 heterocycles. The number of nitro groups is 1. The third-order valence-corrected chi connectivity index (χ3v) is 4.64. The van der Waals surface area contributed by atoms with Crippen LogP contribution in [0.5, 0.6) is 0 Å². The number of benzene rings is 1. The fraction of sp³-hybridized carbons (Fsp3) is 0.471. The minimum absolute atomic E-state index is 0.105. The van der Waals surface area contributed by atoms with Gasteiger partial charge in [0.25, 0.3) is 5.69 Å². The van der Waals surface area contributed by atoms with E-state index in [1.807, 2.05) is 4.90 Å². The Hall–Kier alpha value is -2.37. The lowest BCUT2D eigenvalue weighted by Gasteiger charge is -2.37. The summed E-state index contributed by atoms with van der Waals surface area (Å²) in [6.45, 7) is 2.98. The molecule has 1 amide bonds. The summed E-state index contributed by atoms with van der Waals surface area (Å²) in [6, 6.07) is 6.62. The Balaban J connectivity index is 1.56. The maximum Gasteiger partial charge on any atom is 0.269 e. The smallest absolute Gasteiger partial charge is 0.269 e. The number of non-ortho nitro benzene ring substituents is 1. The lowest BCUT2D eigenvalue weighted by molar-refractivity contribution is -0.384. The predicted octanol–water partition coefficient (Wildman–Crippen LogP) is 2.60. The van der Waals surface area contributed by atoms with Gasteiger partial charge in [0.1, 0.15) is 0 Å². The van der Waals surface area contributed by atoms with E-state index in [0.717, 1.165) is 51.1 Å². The molecular weight excluding hydrogens is 294 g/mol. The van der Waals surface area contributed by atoms with Crippen LogP contribution in [-0.4, -0.2) is 41.9 Å². The number of carbonyl (C=O) groups excluding carboxylic acids is 1. The molecule has 1 saturated heterocycles. The number of carbonyl (C=O) groups is 1. The van der Waals surface area contributed by atoms with Crippen molar-refractivity contribution in [1.82, 2.24) is 4.90 Å². The molecule has 0 N–H and O–H groups in total. The molecule has 0 saturated carbocycles. The van der Waals surface area contributed by atoms with Crippen molar-refractivity contribution in [3.05, 3.63) is 46.5 Å². The first-order valence-corrected chi connectivity index (χ1v) is 8.08. The van der Waals surface area contributed by atoms with Crippen molar-refractivity contribution in [2.45, 2.75) is 19.3 Å². The van der Waals surface area contributed by atoms with Crippen molar-refractivity contribution in [3.63, 3.8) is 0 Å². The second-order valence-electron chi connectivity index (χ2n) is 6.07. The second kappa shape index (κ2) is 6.81. The van der Waals surface area contributed by atoms with Gasteiger partial charge in [-0.25, -0.2) is 0 Å². The third-order valence-electron chi connectivity index (χ3n) is 4.64. The topological polar surface area (TPSA) is 66.7 Å². The van der Waals surface area contributed by atoms with Gasteiger partial charge in [-0.2, -0.15) is 0 Å². The predicted molar refractivity (Wildman–Crippen MR) is 88.4 cm³/mol. The number of hydrogen-bond donors (Lipinski definition) is 0. The molecular formula is C17H21N3O3. The highest BCUT2D eigenvalue weighted by Gasteiger charge is 2.27. The number of nitro benzene ring substituents is 1. The highest BCUT2D eigenvalue weighted by atomic mass is 16.6. The van der Waals surface area contributed by atoms with Gasteiger partial charge in [-0.05, 0) is 31.4 Å². The van der Waals surface area contributed by atoms with Crippen LogP contribution in [0.2, 0.25) is 0 Å². The number of rotatable bonds is 3. The molecule has 6 nitrogen and oxygen atoms in total. The summed E-state index contributed by atoms with van der Waals surface area (Å²) in [7, 11) is 0. The zero-order valence-corrected chi connectivity index (χ0v) is 13.1. The molecule has 2 aliphatic rings. The minimum atomic E-state index is -0.390. The van der Waals surface area contributed by atoms with Crippen LogP contribution in [0.15, 0.2) is 36.4 Å². The molecule has 1 aromatic carbocycles. The summed E-state index contributed by atoms with van der Waals surface area (Å²) in [5, 5.41) is 10.7. The van der Waals surface area contributed by atoms with Gasteiger partial charge in [-0.3, -0.25) is 14.9 Å². The molecule has 0 radical (unpaired) electrons. The average molecular weight is 315 g/mol. The van der Waals surface area contributed by atoms with Gasteiger partial charge >= 0.3 is 0 Å². The van der Waals surface area contributed by atoms with Crippen LogP contribution in [-0.2, 0) is 4.79 Å². The van der Waals surface area contributed by atoms with Crippen LogP contribution < -0.4 is 4.90 Å². The molecule has 1 fully saturated rings. The first-order valence-electron chi connectivity index (χ1n) is 8.08. The number of amides is 1. The van der Waals surface area contributed by atoms with E-state index in [0.29, 0.717) is 0 Å². The Morgan fingerprint density at radius 3 is 2.35 bits per heavy atom. The van der Waals surface area contributed by atoms with Gasteiger partial charge < -0.3 is 9.80 Å². The normalized spacial score (nSPS) is 21.3. The summed E-state index contributed by atoms with van der Waals surface area (Å²) in [4.78, 5) is 27.0. The Bertz CT molecular complexity index is 604. The molecule has 0 bridgehead atoms. The van der Waals surface area contributed by atoms with Crippen LogP contribution in [0, 0.1) is 16.0 Å². The van der Waals surface area contributed by atoms with Gasteiger partial charge in [0.15, 0.2) is 0 Å². The number of anilines is 1. The molecule has 0 spiro atoms. The van der Waals surface area contributed by atoms with Gasteiger partial charge in [0.2, 0.25) is 5.91 Å². The second-order valence-corrected chi connectivity index (χ2v) is 6.07. The molecule has 1 atom stereocenters. The van der Waals surface area contributed by atoms with E-state index in [-0.39, 0.29) is 22.4 Å². The van der Waals surface area contributed by atoms with Crippen LogP contribution in [0.1, 0.15) is 19.3 Å². The highest BCUT2D eigenvalue weighted by molar-refractivity contribution is 5.79. The molecule has 23 heavy (non-hydrogen) atoms. The van der Waals surface area contributed by atoms with Gasteiger partial charge in [0.05, 0.1) is 4.92 Å². The zero-order valence-electron chi connectivity index (χ0n) is 13.1. The quantitative estimate of drug-likeness (QED) is 0.488. The SMILES string of the molecule is O=C([C@H]1CC=CCC1)N1CCN(c2ccc([N+](=O)[O-])cc2)CC1. The fourth-order valence-corrected chi connectivity index (χ4v) is 3.25. The maximum atomic E-state index is 12.5. The minimum Gasteiger partial charge on any atom is -0.368 e.